The monoisotopic (exact) mass is 393 g/mol. The van der Waals surface area contributed by atoms with E-state index in [4.69, 9.17) is 0 Å². The van der Waals surface area contributed by atoms with Crippen LogP contribution in [0.25, 0.3) is 0 Å². The van der Waals surface area contributed by atoms with Crippen molar-refractivity contribution in [1.29, 1.82) is 0 Å². The lowest BCUT2D eigenvalue weighted by Crippen LogP contribution is -2.38. The summed E-state index contributed by atoms with van der Waals surface area (Å²) >= 11 is 0. The van der Waals surface area contributed by atoms with Gasteiger partial charge in [-0.3, -0.25) is 14.4 Å². The summed E-state index contributed by atoms with van der Waals surface area (Å²) < 4.78 is 0. The van der Waals surface area contributed by atoms with Gasteiger partial charge in [0.1, 0.15) is 0 Å². The summed E-state index contributed by atoms with van der Waals surface area (Å²) in [6.45, 7) is 6.65. The van der Waals surface area contributed by atoms with Crippen molar-refractivity contribution in [2.45, 2.75) is 33.7 Å². The maximum Gasteiger partial charge on any atom is 0.243 e. The number of carbonyl (C=O) groups is 3. The van der Waals surface area contributed by atoms with Gasteiger partial charge >= 0.3 is 0 Å². The zero-order valence-electron chi connectivity index (χ0n) is 17.1. The maximum absolute atomic E-state index is 12.5. The van der Waals surface area contributed by atoms with E-state index in [1.807, 2.05) is 63.2 Å². The molecule has 0 bridgehead atoms. The average molecular weight is 393 g/mol. The molecule has 2 aromatic rings. The number of anilines is 1. The molecule has 0 spiro atoms. The third kappa shape index (κ3) is 5.22. The van der Waals surface area contributed by atoms with Crippen LogP contribution in [0.2, 0.25) is 0 Å². The molecule has 1 aliphatic rings. The number of benzene rings is 2. The number of aryl methyl sites for hydroxylation is 3. The van der Waals surface area contributed by atoms with Gasteiger partial charge in [0.2, 0.25) is 17.7 Å². The van der Waals surface area contributed by atoms with Gasteiger partial charge in [-0.2, -0.15) is 0 Å². The minimum absolute atomic E-state index is 0.0376. The van der Waals surface area contributed by atoms with Gasteiger partial charge in [-0.05, 0) is 37.5 Å². The van der Waals surface area contributed by atoms with Crippen LogP contribution < -0.4 is 10.6 Å². The van der Waals surface area contributed by atoms with Gasteiger partial charge in [0.15, 0.2) is 0 Å². The number of nitrogens with one attached hydrogen (secondary N) is 2. The Balaban J connectivity index is 1.51. The highest BCUT2D eigenvalue weighted by Gasteiger charge is 2.34. The Bertz CT molecular complexity index is 901. The quantitative estimate of drug-likeness (QED) is 0.792. The first-order valence-electron chi connectivity index (χ1n) is 9.80. The molecular formula is C23H27N3O3. The number of likely N-dealkylation sites (tertiary alicyclic amines) is 1. The molecule has 1 heterocycles. The largest absolute Gasteiger partial charge is 0.347 e. The first-order chi connectivity index (χ1) is 13.8. The predicted molar refractivity (Wildman–Crippen MR) is 112 cm³/mol. The van der Waals surface area contributed by atoms with Gasteiger partial charge in [0, 0.05) is 25.2 Å². The Morgan fingerprint density at radius 3 is 2.38 bits per heavy atom. The second kappa shape index (κ2) is 8.90. The van der Waals surface area contributed by atoms with Gasteiger partial charge < -0.3 is 15.5 Å². The third-order valence-corrected chi connectivity index (χ3v) is 5.17. The SMILES string of the molecule is Cc1cc(C)c(NC(=O)CNC(=O)[C@H]2CC(=O)N(Cc3ccccc3)C2)c(C)c1. The fourth-order valence-corrected chi connectivity index (χ4v) is 3.78. The standard InChI is InChI=1S/C23H27N3O3/c1-15-9-16(2)22(17(3)10-15)25-20(27)12-24-23(29)19-11-21(28)26(14-19)13-18-7-5-4-6-8-18/h4-10,19H,11-14H2,1-3H3,(H,24,29)(H,25,27)/t19-/m0/s1. The zero-order chi connectivity index (χ0) is 21.0. The van der Waals surface area contributed by atoms with Crippen molar-refractivity contribution in [3.05, 3.63) is 64.7 Å². The predicted octanol–water partition coefficient (Wildman–Crippen LogP) is 2.72. The molecule has 1 aliphatic heterocycles. The van der Waals surface area contributed by atoms with Crippen LogP contribution in [-0.4, -0.2) is 35.7 Å². The van der Waals surface area contributed by atoms with Crippen LogP contribution in [0.3, 0.4) is 0 Å². The lowest BCUT2D eigenvalue weighted by molar-refractivity contribution is -0.129. The van der Waals surface area contributed by atoms with Crippen LogP contribution in [0.15, 0.2) is 42.5 Å². The molecule has 2 N–H and O–H groups in total. The molecule has 1 saturated heterocycles. The first kappa shape index (κ1) is 20.6. The molecule has 0 radical (unpaired) electrons. The molecule has 2 aromatic carbocycles. The Kier molecular flexibility index (Phi) is 6.32. The van der Waals surface area contributed by atoms with Crippen molar-refractivity contribution < 1.29 is 14.4 Å². The van der Waals surface area contributed by atoms with Crippen molar-refractivity contribution in [3.63, 3.8) is 0 Å². The van der Waals surface area contributed by atoms with Crippen molar-refractivity contribution in [2.75, 3.05) is 18.4 Å². The lowest BCUT2D eigenvalue weighted by Gasteiger charge is -2.17. The minimum atomic E-state index is -0.429. The molecule has 6 nitrogen and oxygen atoms in total. The van der Waals surface area contributed by atoms with E-state index >= 15 is 0 Å². The highest BCUT2D eigenvalue weighted by molar-refractivity contribution is 5.97. The minimum Gasteiger partial charge on any atom is -0.347 e. The Morgan fingerprint density at radius 1 is 1.07 bits per heavy atom. The normalized spacial score (nSPS) is 16.0. The summed E-state index contributed by atoms with van der Waals surface area (Å²) in [7, 11) is 0. The molecule has 6 heteroatoms. The van der Waals surface area contributed by atoms with E-state index in [1.54, 1.807) is 4.90 Å². The van der Waals surface area contributed by atoms with Crippen LogP contribution in [-0.2, 0) is 20.9 Å². The summed E-state index contributed by atoms with van der Waals surface area (Å²) in [4.78, 5) is 38.7. The van der Waals surface area contributed by atoms with E-state index in [1.165, 1.54) is 0 Å². The fourth-order valence-electron chi connectivity index (χ4n) is 3.78. The smallest absolute Gasteiger partial charge is 0.243 e. The van der Waals surface area contributed by atoms with E-state index in [-0.39, 0.29) is 30.7 Å². The van der Waals surface area contributed by atoms with Crippen molar-refractivity contribution in [3.8, 4) is 0 Å². The molecule has 152 valence electrons. The summed E-state index contributed by atoms with van der Waals surface area (Å²) in [5.74, 6) is -1.01. The zero-order valence-corrected chi connectivity index (χ0v) is 17.1. The van der Waals surface area contributed by atoms with E-state index in [9.17, 15) is 14.4 Å². The van der Waals surface area contributed by atoms with Crippen molar-refractivity contribution in [1.82, 2.24) is 10.2 Å². The second-order valence-corrected chi connectivity index (χ2v) is 7.70. The molecule has 0 aromatic heterocycles. The molecule has 29 heavy (non-hydrogen) atoms. The van der Waals surface area contributed by atoms with Crippen LogP contribution in [0.4, 0.5) is 5.69 Å². The highest BCUT2D eigenvalue weighted by atomic mass is 16.2. The third-order valence-electron chi connectivity index (χ3n) is 5.17. The molecule has 3 rings (SSSR count). The summed E-state index contributed by atoms with van der Waals surface area (Å²) in [5, 5.41) is 5.54. The average Bonchev–Trinajstić information content (AvgIpc) is 3.04. The number of carbonyl (C=O) groups excluding carboxylic acids is 3. The Hall–Kier alpha value is -3.15. The lowest BCUT2D eigenvalue weighted by atomic mass is 10.1. The maximum atomic E-state index is 12.5. The van der Waals surface area contributed by atoms with Crippen LogP contribution in [0.5, 0.6) is 0 Å². The van der Waals surface area contributed by atoms with Crippen molar-refractivity contribution >= 4 is 23.4 Å². The van der Waals surface area contributed by atoms with Crippen LogP contribution >= 0.6 is 0 Å². The topological polar surface area (TPSA) is 78.5 Å². The highest BCUT2D eigenvalue weighted by Crippen LogP contribution is 2.22. The molecule has 0 unspecified atom stereocenters. The number of hydrogen-bond donors (Lipinski definition) is 2. The van der Waals surface area contributed by atoms with E-state index in [2.05, 4.69) is 10.6 Å². The Morgan fingerprint density at radius 2 is 1.72 bits per heavy atom. The van der Waals surface area contributed by atoms with Crippen LogP contribution in [0.1, 0.15) is 28.7 Å². The van der Waals surface area contributed by atoms with E-state index in [0.29, 0.717) is 13.1 Å². The molecule has 0 aliphatic carbocycles. The van der Waals surface area contributed by atoms with Crippen molar-refractivity contribution in [2.24, 2.45) is 5.92 Å². The van der Waals surface area contributed by atoms with Gasteiger partial charge in [-0.25, -0.2) is 0 Å². The molecular weight excluding hydrogens is 366 g/mol. The van der Waals surface area contributed by atoms with Gasteiger partial charge in [-0.1, -0.05) is 48.0 Å². The summed E-state index contributed by atoms with van der Waals surface area (Å²) in [5.41, 5.74) is 4.92. The molecule has 1 fully saturated rings. The summed E-state index contributed by atoms with van der Waals surface area (Å²) in [6.07, 6.45) is 0.177. The second-order valence-electron chi connectivity index (χ2n) is 7.70. The first-order valence-corrected chi connectivity index (χ1v) is 9.80. The Labute approximate surface area is 171 Å². The number of nitrogens with zero attached hydrogens (tertiary/aromatic N) is 1. The van der Waals surface area contributed by atoms with Gasteiger partial charge in [-0.15, -0.1) is 0 Å². The number of hydrogen-bond acceptors (Lipinski definition) is 3. The van der Waals surface area contributed by atoms with Crippen LogP contribution in [0, 0.1) is 26.7 Å². The van der Waals surface area contributed by atoms with Gasteiger partial charge in [0.25, 0.3) is 0 Å². The van der Waals surface area contributed by atoms with E-state index in [0.717, 1.165) is 27.9 Å². The van der Waals surface area contributed by atoms with E-state index < -0.39 is 5.92 Å². The fraction of sp³-hybridized carbons (Fsp3) is 0.348. The summed E-state index contributed by atoms with van der Waals surface area (Å²) in [6, 6.07) is 13.7. The molecule has 3 amide bonds. The van der Waals surface area contributed by atoms with Gasteiger partial charge in [0.05, 0.1) is 12.5 Å². The molecule has 0 saturated carbocycles. The number of rotatable bonds is 6. The molecule has 1 atom stereocenters. The number of amides is 3.